The van der Waals surface area contributed by atoms with Crippen molar-refractivity contribution in [3.05, 3.63) is 0 Å². The highest BCUT2D eigenvalue weighted by atomic mass is 16.5. The summed E-state index contributed by atoms with van der Waals surface area (Å²) in [7, 11) is 1.73. The van der Waals surface area contributed by atoms with E-state index in [1.165, 1.54) is 0 Å². The van der Waals surface area contributed by atoms with Crippen molar-refractivity contribution in [3.63, 3.8) is 0 Å². The van der Waals surface area contributed by atoms with E-state index in [4.69, 9.17) is 4.74 Å². The molecule has 1 rings (SSSR count). The molecule has 0 heterocycles. The zero-order valence-electron chi connectivity index (χ0n) is 11.4. The van der Waals surface area contributed by atoms with Crippen molar-refractivity contribution in [3.8, 4) is 0 Å². The molecule has 0 aromatic carbocycles. The van der Waals surface area contributed by atoms with E-state index in [-0.39, 0.29) is 11.5 Å². The van der Waals surface area contributed by atoms with E-state index in [0.717, 1.165) is 26.0 Å². The van der Waals surface area contributed by atoms with E-state index in [9.17, 15) is 5.11 Å². The van der Waals surface area contributed by atoms with Gasteiger partial charge >= 0.3 is 0 Å². The Morgan fingerprint density at radius 3 is 2.44 bits per heavy atom. The number of aliphatic hydroxyl groups is 1. The molecule has 0 aliphatic heterocycles. The fourth-order valence-corrected chi connectivity index (χ4v) is 2.70. The summed E-state index contributed by atoms with van der Waals surface area (Å²) in [6.45, 7) is 10.3. The van der Waals surface area contributed by atoms with Gasteiger partial charge in [0, 0.05) is 25.7 Å². The number of methoxy groups -OCH3 is 1. The summed E-state index contributed by atoms with van der Waals surface area (Å²) in [6, 6.07) is 0.758. The van der Waals surface area contributed by atoms with Crippen LogP contribution >= 0.6 is 0 Å². The van der Waals surface area contributed by atoms with Gasteiger partial charge in [-0.2, -0.15) is 0 Å². The summed E-state index contributed by atoms with van der Waals surface area (Å²) < 4.78 is 5.15. The molecule has 0 aromatic rings. The van der Waals surface area contributed by atoms with Crippen LogP contribution < -0.4 is 0 Å². The van der Waals surface area contributed by atoms with Crippen LogP contribution in [0.5, 0.6) is 0 Å². The largest absolute Gasteiger partial charge is 0.391 e. The van der Waals surface area contributed by atoms with Gasteiger partial charge in [-0.15, -0.1) is 0 Å². The van der Waals surface area contributed by atoms with Crippen LogP contribution in [0.1, 0.15) is 40.5 Å². The Labute approximate surface area is 99.8 Å². The van der Waals surface area contributed by atoms with E-state index in [2.05, 4.69) is 32.6 Å². The average molecular weight is 229 g/mol. The van der Waals surface area contributed by atoms with Gasteiger partial charge < -0.3 is 9.84 Å². The van der Waals surface area contributed by atoms with E-state index in [1.807, 2.05) is 0 Å². The van der Waals surface area contributed by atoms with E-state index in [0.29, 0.717) is 12.1 Å². The lowest BCUT2D eigenvalue weighted by atomic mass is 9.88. The van der Waals surface area contributed by atoms with Gasteiger partial charge in [-0.25, -0.2) is 0 Å². The second-order valence-electron chi connectivity index (χ2n) is 5.86. The second-order valence-corrected chi connectivity index (χ2v) is 5.86. The molecule has 1 aliphatic rings. The smallest absolute Gasteiger partial charge is 0.0746 e. The monoisotopic (exact) mass is 229 g/mol. The highest BCUT2D eigenvalue weighted by Gasteiger charge is 2.43. The van der Waals surface area contributed by atoms with Gasteiger partial charge in [0.25, 0.3) is 0 Å². The van der Waals surface area contributed by atoms with E-state index < -0.39 is 0 Å². The minimum Gasteiger partial charge on any atom is -0.391 e. The molecule has 1 saturated carbocycles. The molecule has 96 valence electrons. The van der Waals surface area contributed by atoms with Crippen molar-refractivity contribution in [2.75, 3.05) is 20.3 Å². The number of nitrogens with zero attached hydrogens (tertiary/aromatic N) is 1. The van der Waals surface area contributed by atoms with Gasteiger partial charge in [-0.05, 0) is 32.1 Å². The highest BCUT2D eigenvalue weighted by molar-refractivity contribution is 4.97. The fraction of sp³-hybridized carbons (Fsp3) is 1.00. The first-order valence-corrected chi connectivity index (χ1v) is 6.33. The van der Waals surface area contributed by atoms with Crippen molar-refractivity contribution >= 4 is 0 Å². The van der Waals surface area contributed by atoms with Crippen LogP contribution in [0.25, 0.3) is 0 Å². The quantitative estimate of drug-likeness (QED) is 0.781. The van der Waals surface area contributed by atoms with Crippen molar-refractivity contribution in [2.45, 2.75) is 58.7 Å². The molecule has 16 heavy (non-hydrogen) atoms. The molecule has 0 saturated heterocycles. The number of aliphatic hydroxyl groups excluding tert-OH is 1. The molecule has 2 unspecified atom stereocenters. The van der Waals surface area contributed by atoms with Crippen molar-refractivity contribution in [1.29, 1.82) is 0 Å². The fourth-order valence-electron chi connectivity index (χ4n) is 2.70. The predicted molar refractivity (Wildman–Crippen MR) is 66.5 cm³/mol. The zero-order valence-corrected chi connectivity index (χ0v) is 11.4. The molecule has 1 fully saturated rings. The first-order chi connectivity index (χ1) is 7.40. The zero-order chi connectivity index (χ0) is 12.3. The lowest BCUT2D eigenvalue weighted by Crippen LogP contribution is -2.48. The molecule has 0 amide bonds. The molecule has 0 bridgehead atoms. The summed E-state index contributed by atoms with van der Waals surface area (Å²) in [4.78, 5) is 2.38. The molecule has 3 heteroatoms. The van der Waals surface area contributed by atoms with Crippen molar-refractivity contribution in [1.82, 2.24) is 4.90 Å². The second kappa shape index (κ2) is 5.48. The Hall–Kier alpha value is -0.120. The minimum absolute atomic E-state index is 0.0604. The Morgan fingerprint density at radius 2 is 2.06 bits per heavy atom. The summed E-state index contributed by atoms with van der Waals surface area (Å²) in [5.41, 5.74) is 0.0604. The molecule has 1 N–H and O–H groups in total. The number of hydrogen-bond acceptors (Lipinski definition) is 3. The lowest BCUT2D eigenvalue weighted by molar-refractivity contribution is -0.00493. The summed E-state index contributed by atoms with van der Waals surface area (Å²) in [5, 5.41) is 10.4. The lowest BCUT2D eigenvalue weighted by Gasteiger charge is -2.36. The average Bonchev–Trinajstić information content (AvgIpc) is 2.45. The van der Waals surface area contributed by atoms with Crippen LogP contribution in [0, 0.1) is 5.41 Å². The van der Waals surface area contributed by atoms with Gasteiger partial charge in [0.2, 0.25) is 0 Å². The Bertz CT molecular complexity index is 216. The number of ether oxygens (including phenoxy) is 1. The van der Waals surface area contributed by atoms with Crippen LogP contribution in [0.4, 0.5) is 0 Å². The summed E-state index contributed by atoms with van der Waals surface area (Å²) in [6.07, 6.45) is 1.98. The maximum absolute atomic E-state index is 10.4. The normalized spacial score (nSPS) is 29.2. The first-order valence-electron chi connectivity index (χ1n) is 6.33. The third-order valence-corrected chi connectivity index (χ3v) is 3.89. The Balaban J connectivity index is 2.65. The van der Waals surface area contributed by atoms with E-state index >= 15 is 0 Å². The number of rotatable bonds is 5. The van der Waals surface area contributed by atoms with Crippen LogP contribution in [-0.2, 0) is 4.74 Å². The summed E-state index contributed by atoms with van der Waals surface area (Å²) >= 11 is 0. The van der Waals surface area contributed by atoms with Gasteiger partial charge in [-0.1, -0.05) is 13.8 Å². The molecule has 0 radical (unpaired) electrons. The molecule has 0 aromatic heterocycles. The van der Waals surface area contributed by atoms with Crippen LogP contribution in [0.15, 0.2) is 0 Å². The standard InChI is InChI=1S/C13H27NO2/c1-10(2)14(8-9-16-5)11-6-7-13(3,4)12(11)15/h10-12,15H,6-9H2,1-5H3. The summed E-state index contributed by atoms with van der Waals surface area (Å²) in [5.74, 6) is 0. The van der Waals surface area contributed by atoms with Gasteiger partial charge in [0.05, 0.1) is 12.7 Å². The topological polar surface area (TPSA) is 32.7 Å². The predicted octanol–water partition coefficient (Wildman–Crippen LogP) is 1.89. The Kier molecular flexibility index (Phi) is 4.77. The molecule has 2 atom stereocenters. The molecular formula is C13H27NO2. The maximum Gasteiger partial charge on any atom is 0.0746 e. The highest BCUT2D eigenvalue weighted by Crippen LogP contribution is 2.40. The Morgan fingerprint density at radius 1 is 1.44 bits per heavy atom. The number of hydrogen-bond donors (Lipinski definition) is 1. The molecule has 0 spiro atoms. The van der Waals surface area contributed by atoms with Crippen LogP contribution in [0.3, 0.4) is 0 Å². The molecule has 3 nitrogen and oxygen atoms in total. The third-order valence-electron chi connectivity index (χ3n) is 3.89. The minimum atomic E-state index is -0.216. The van der Waals surface area contributed by atoms with Gasteiger partial charge in [0.1, 0.15) is 0 Å². The van der Waals surface area contributed by atoms with Crippen molar-refractivity contribution in [2.24, 2.45) is 5.41 Å². The third kappa shape index (κ3) is 2.96. The van der Waals surface area contributed by atoms with Gasteiger partial charge in [-0.3, -0.25) is 4.90 Å². The SMILES string of the molecule is COCCN(C(C)C)C1CCC(C)(C)C1O. The first kappa shape index (κ1) is 13.9. The molecular weight excluding hydrogens is 202 g/mol. The van der Waals surface area contributed by atoms with Crippen molar-refractivity contribution < 1.29 is 9.84 Å². The maximum atomic E-state index is 10.4. The van der Waals surface area contributed by atoms with E-state index in [1.54, 1.807) is 7.11 Å². The van der Waals surface area contributed by atoms with Crippen LogP contribution in [0.2, 0.25) is 0 Å². The molecule has 1 aliphatic carbocycles. The van der Waals surface area contributed by atoms with Crippen LogP contribution in [-0.4, -0.2) is 48.5 Å². The van der Waals surface area contributed by atoms with Gasteiger partial charge in [0.15, 0.2) is 0 Å².